The van der Waals surface area contributed by atoms with E-state index < -0.39 is 0 Å². The third-order valence-electron chi connectivity index (χ3n) is 2.37. The predicted octanol–water partition coefficient (Wildman–Crippen LogP) is 1.41. The number of allylic oxidation sites excluding steroid dienone is 1. The number of hydrogen-bond donors (Lipinski definition) is 1. The van der Waals surface area contributed by atoms with Crippen LogP contribution in [0.15, 0.2) is 37.4 Å². The second kappa shape index (κ2) is 4.65. The molecule has 0 spiro atoms. The van der Waals surface area contributed by atoms with Gasteiger partial charge in [0.25, 0.3) is 0 Å². The molecule has 0 amide bonds. The number of imidazole rings is 2. The zero-order chi connectivity index (χ0) is 11.4. The molecule has 5 heteroatoms. The molecule has 5 nitrogen and oxygen atoms in total. The molecule has 0 saturated carbocycles. The normalized spacial score (nSPS) is 10.3. The number of aromatic nitrogens is 4. The Kier molecular flexibility index (Phi) is 3.05. The van der Waals surface area contributed by atoms with Crippen molar-refractivity contribution in [2.24, 2.45) is 7.05 Å². The van der Waals surface area contributed by atoms with Crippen LogP contribution in [0.1, 0.15) is 5.82 Å². The fourth-order valence-electron chi connectivity index (χ4n) is 1.49. The molecule has 0 aliphatic carbocycles. The van der Waals surface area contributed by atoms with Crippen molar-refractivity contribution in [3.05, 3.63) is 43.3 Å². The number of rotatable bonds is 5. The van der Waals surface area contributed by atoms with Gasteiger partial charge in [-0.2, -0.15) is 0 Å². The van der Waals surface area contributed by atoms with Crippen LogP contribution in [-0.4, -0.2) is 19.1 Å². The largest absolute Gasteiger partial charge is 0.348 e. The Balaban J connectivity index is 2.02. The Labute approximate surface area is 94.5 Å². The summed E-state index contributed by atoms with van der Waals surface area (Å²) in [6, 6.07) is 0. The van der Waals surface area contributed by atoms with Gasteiger partial charge in [0.2, 0.25) is 5.95 Å². The number of anilines is 1. The van der Waals surface area contributed by atoms with Crippen molar-refractivity contribution in [3.8, 4) is 0 Å². The topological polar surface area (TPSA) is 47.7 Å². The molecular formula is C11H15N5. The van der Waals surface area contributed by atoms with Crippen molar-refractivity contribution >= 4 is 5.95 Å². The predicted molar refractivity (Wildman–Crippen MR) is 63.0 cm³/mol. The highest BCUT2D eigenvalue weighted by Gasteiger charge is 2.02. The first-order valence-corrected chi connectivity index (χ1v) is 5.13. The maximum atomic E-state index is 4.23. The highest BCUT2D eigenvalue weighted by molar-refractivity contribution is 5.26. The Morgan fingerprint density at radius 1 is 1.38 bits per heavy atom. The highest BCUT2D eigenvalue weighted by atomic mass is 15.2. The standard InChI is InChI=1S/C11H15N5/c1-3-6-16-8-5-13-11(16)14-9-10-12-4-7-15(10)2/h3-5,7-8H,1,6,9H2,2H3,(H,13,14). The summed E-state index contributed by atoms with van der Waals surface area (Å²) in [5, 5.41) is 3.24. The summed E-state index contributed by atoms with van der Waals surface area (Å²) in [6.07, 6.45) is 9.24. The van der Waals surface area contributed by atoms with E-state index in [1.165, 1.54) is 0 Å². The molecular weight excluding hydrogens is 202 g/mol. The van der Waals surface area contributed by atoms with Gasteiger partial charge in [-0.1, -0.05) is 6.08 Å². The maximum Gasteiger partial charge on any atom is 0.203 e. The van der Waals surface area contributed by atoms with E-state index in [4.69, 9.17) is 0 Å². The van der Waals surface area contributed by atoms with Crippen molar-refractivity contribution in [2.75, 3.05) is 5.32 Å². The first-order chi connectivity index (χ1) is 7.81. The number of aryl methyl sites for hydroxylation is 1. The summed E-state index contributed by atoms with van der Waals surface area (Å²) in [5.74, 6) is 1.82. The quantitative estimate of drug-likeness (QED) is 0.770. The average molecular weight is 217 g/mol. The average Bonchev–Trinajstić information content (AvgIpc) is 2.86. The Morgan fingerprint density at radius 3 is 2.88 bits per heavy atom. The molecule has 1 N–H and O–H groups in total. The summed E-state index contributed by atoms with van der Waals surface area (Å²) in [5.41, 5.74) is 0. The molecule has 0 aliphatic heterocycles. The van der Waals surface area contributed by atoms with E-state index in [2.05, 4.69) is 21.9 Å². The van der Waals surface area contributed by atoms with Gasteiger partial charge in [-0.15, -0.1) is 6.58 Å². The second-order valence-electron chi connectivity index (χ2n) is 3.50. The summed E-state index contributed by atoms with van der Waals surface area (Å²) >= 11 is 0. The minimum absolute atomic E-state index is 0.664. The summed E-state index contributed by atoms with van der Waals surface area (Å²) in [6.45, 7) is 5.13. The van der Waals surface area contributed by atoms with E-state index in [0.29, 0.717) is 6.54 Å². The van der Waals surface area contributed by atoms with Crippen molar-refractivity contribution in [1.82, 2.24) is 19.1 Å². The van der Waals surface area contributed by atoms with Gasteiger partial charge in [0.05, 0.1) is 6.54 Å². The number of nitrogens with zero attached hydrogens (tertiary/aromatic N) is 4. The van der Waals surface area contributed by atoms with Crippen LogP contribution in [0.25, 0.3) is 0 Å². The molecule has 16 heavy (non-hydrogen) atoms. The Morgan fingerprint density at radius 2 is 2.19 bits per heavy atom. The van der Waals surface area contributed by atoms with Crippen molar-refractivity contribution < 1.29 is 0 Å². The van der Waals surface area contributed by atoms with E-state index in [9.17, 15) is 0 Å². The highest BCUT2D eigenvalue weighted by Crippen LogP contribution is 2.06. The van der Waals surface area contributed by atoms with Gasteiger partial charge in [0.15, 0.2) is 0 Å². The zero-order valence-corrected chi connectivity index (χ0v) is 9.30. The SMILES string of the molecule is C=CCn1ccnc1NCc1nccn1C. The van der Waals surface area contributed by atoms with E-state index in [1.807, 2.05) is 34.7 Å². The van der Waals surface area contributed by atoms with Gasteiger partial charge in [0, 0.05) is 38.4 Å². The molecule has 0 aliphatic rings. The van der Waals surface area contributed by atoms with Gasteiger partial charge in [-0.25, -0.2) is 9.97 Å². The van der Waals surface area contributed by atoms with Crippen LogP contribution in [-0.2, 0) is 20.1 Å². The van der Waals surface area contributed by atoms with Crippen LogP contribution in [0, 0.1) is 0 Å². The molecule has 2 rings (SSSR count). The molecule has 0 atom stereocenters. The first kappa shape index (κ1) is 10.5. The van der Waals surface area contributed by atoms with Gasteiger partial charge in [0.1, 0.15) is 5.82 Å². The molecule has 2 aromatic rings. The lowest BCUT2D eigenvalue weighted by molar-refractivity contribution is 0.782. The van der Waals surface area contributed by atoms with Gasteiger partial charge in [-0.3, -0.25) is 0 Å². The second-order valence-corrected chi connectivity index (χ2v) is 3.50. The molecule has 84 valence electrons. The lowest BCUT2D eigenvalue weighted by Gasteiger charge is -2.07. The van der Waals surface area contributed by atoms with Crippen LogP contribution in [0.5, 0.6) is 0 Å². The fourth-order valence-corrected chi connectivity index (χ4v) is 1.49. The first-order valence-electron chi connectivity index (χ1n) is 5.13. The van der Waals surface area contributed by atoms with E-state index >= 15 is 0 Å². The fraction of sp³-hybridized carbons (Fsp3) is 0.273. The van der Waals surface area contributed by atoms with Crippen LogP contribution in [0.3, 0.4) is 0 Å². The molecule has 0 saturated heterocycles. The Bertz CT molecular complexity index is 468. The van der Waals surface area contributed by atoms with Crippen LogP contribution < -0.4 is 5.32 Å². The third kappa shape index (κ3) is 2.13. The molecule has 0 aromatic carbocycles. The minimum Gasteiger partial charge on any atom is -0.348 e. The summed E-state index contributed by atoms with van der Waals surface area (Å²) in [4.78, 5) is 8.47. The molecule has 0 radical (unpaired) electrons. The van der Waals surface area contributed by atoms with Crippen LogP contribution in [0.2, 0.25) is 0 Å². The zero-order valence-electron chi connectivity index (χ0n) is 9.30. The lowest BCUT2D eigenvalue weighted by Crippen LogP contribution is -2.09. The monoisotopic (exact) mass is 217 g/mol. The minimum atomic E-state index is 0.664. The van der Waals surface area contributed by atoms with Crippen molar-refractivity contribution in [3.63, 3.8) is 0 Å². The van der Waals surface area contributed by atoms with Crippen molar-refractivity contribution in [1.29, 1.82) is 0 Å². The lowest BCUT2D eigenvalue weighted by atomic mass is 10.5. The van der Waals surface area contributed by atoms with Crippen LogP contribution in [0.4, 0.5) is 5.95 Å². The third-order valence-corrected chi connectivity index (χ3v) is 2.37. The molecule has 2 heterocycles. The van der Waals surface area contributed by atoms with Gasteiger partial charge in [-0.05, 0) is 0 Å². The van der Waals surface area contributed by atoms with Crippen LogP contribution >= 0.6 is 0 Å². The number of nitrogens with one attached hydrogen (secondary N) is 1. The molecule has 0 fully saturated rings. The van der Waals surface area contributed by atoms with Crippen molar-refractivity contribution in [2.45, 2.75) is 13.1 Å². The summed E-state index contributed by atoms with van der Waals surface area (Å²) < 4.78 is 3.98. The molecule has 0 unspecified atom stereocenters. The van der Waals surface area contributed by atoms with Gasteiger partial charge >= 0.3 is 0 Å². The van der Waals surface area contributed by atoms with E-state index in [0.717, 1.165) is 18.3 Å². The van der Waals surface area contributed by atoms with E-state index in [1.54, 1.807) is 12.4 Å². The summed E-state index contributed by atoms with van der Waals surface area (Å²) in [7, 11) is 1.97. The molecule has 2 aromatic heterocycles. The molecule has 0 bridgehead atoms. The smallest absolute Gasteiger partial charge is 0.203 e. The maximum absolute atomic E-state index is 4.23. The Hall–Kier alpha value is -2.04. The van der Waals surface area contributed by atoms with E-state index in [-0.39, 0.29) is 0 Å². The number of hydrogen-bond acceptors (Lipinski definition) is 3. The van der Waals surface area contributed by atoms with Gasteiger partial charge < -0.3 is 14.5 Å².